The zero-order chi connectivity index (χ0) is 19.4. The van der Waals surface area contributed by atoms with Gasteiger partial charge < -0.3 is 14.9 Å². The molecule has 0 amide bonds. The molecule has 0 radical (unpaired) electrons. The highest BCUT2D eigenvalue weighted by Crippen LogP contribution is 2.02. The van der Waals surface area contributed by atoms with Gasteiger partial charge >= 0.3 is 0 Å². The maximum atomic E-state index is 8.96. The average molecular weight is 335 g/mol. The summed E-state index contributed by atoms with van der Waals surface area (Å²) in [6.07, 6.45) is 3.33. The Labute approximate surface area is 149 Å². The maximum Gasteiger partial charge on any atom is 0.0524 e. The molecular formula is C20H50N2O. The summed E-state index contributed by atoms with van der Waals surface area (Å²) in [5.74, 6) is 0. The molecule has 0 fully saturated rings. The second kappa shape index (κ2) is 24.1. The van der Waals surface area contributed by atoms with Crippen molar-refractivity contribution < 1.29 is 5.11 Å². The number of hydrogen-bond acceptors (Lipinski definition) is 3. The topological polar surface area (TPSA) is 26.7 Å². The quantitative estimate of drug-likeness (QED) is 0.654. The SMILES string of the molecule is CC.CC.CC(O)CCN(C)C(C)C.CCCC(C)N(C)CC. The largest absolute Gasteiger partial charge is 0.393 e. The molecule has 0 spiro atoms. The fourth-order valence-corrected chi connectivity index (χ4v) is 1.60. The standard InChI is InChI=1S/C8H19NO.C8H19N.2C2H6/c1-7(2)9(4)6-5-8(3)10;1-5-7-8(3)9(4)6-2;2*1-2/h7-8,10H,5-6H2,1-4H3;8H,5-7H2,1-4H3;2*1-2H3. The Morgan fingerprint density at radius 2 is 1.22 bits per heavy atom. The van der Waals surface area contributed by atoms with Crippen molar-refractivity contribution >= 4 is 0 Å². The van der Waals surface area contributed by atoms with Gasteiger partial charge in [-0.05, 0) is 61.2 Å². The van der Waals surface area contributed by atoms with E-state index >= 15 is 0 Å². The summed E-state index contributed by atoms with van der Waals surface area (Å²) in [4.78, 5) is 4.61. The predicted octanol–water partition coefficient (Wildman–Crippen LogP) is 5.28. The van der Waals surface area contributed by atoms with Gasteiger partial charge in [-0.3, -0.25) is 0 Å². The lowest BCUT2D eigenvalue weighted by Gasteiger charge is -2.21. The summed E-state index contributed by atoms with van der Waals surface area (Å²) in [6.45, 7) is 23.0. The molecule has 2 atom stereocenters. The van der Waals surface area contributed by atoms with Crippen molar-refractivity contribution in [3.05, 3.63) is 0 Å². The summed E-state index contributed by atoms with van der Waals surface area (Å²) in [5.41, 5.74) is 0. The van der Waals surface area contributed by atoms with Crippen molar-refractivity contribution in [1.29, 1.82) is 0 Å². The molecule has 0 aromatic carbocycles. The Kier molecular flexibility index (Phi) is 32.2. The van der Waals surface area contributed by atoms with Gasteiger partial charge in [0.15, 0.2) is 0 Å². The fraction of sp³-hybridized carbons (Fsp3) is 1.00. The van der Waals surface area contributed by atoms with Crippen molar-refractivity contribution in [3.8, 4) is 0 Å². The van der Waals surface area contributed by atoms with E-state index in [0.717, 1.165) is 19.0 Å². The second-order valence-corrected chi connectivity index (χ2v) is 5.92. The number of rotatable bonds is 8. The molecule has 0 aromatic heterocycles. The zero-order valence-corrected chi connectivity index (χ0v) is 18.6. The molecule has 0 aliphatic rings. The van der Waals surface area contributed by atoms with Crippen LogP contribution in [0.25, 0.3) is 0 Å². The predicted molar refractivity (Wildman–Crippen MR) is 109 cm³/mol. The van der Waals surface area contributed by atoms with Crippen LogP contribution < -0.4 is 0 Å². The van der Waals surface area contributed by atoms with Crippen LogP contribution in [0.2, 0.25) is 0 Å². The highest BCUT2D eigenvalue weighted by atomic mass is 16.3. The Morgan fingerprint density at radius 1 is 0.783 bits per heavy atom. The van der Waals surface area contributed by atoms with E-state index < -0.39 is 0 Å². The molecule has 3 nitrogen and oxygen atoms in total. The van der Waals surface area contributed by atoms with E-state index in [1.54, 1.807) is 0 Å². The lowest BCUT2D eigenvalue weighted by molar-refractivity contribution is 0.155. The Bertz CT molecular complexity index is 184. The Balaban J connectivity index is -0.000000129. The molecule has 3 heteroatoms. The Morgan fingerprint density at radius 3 is 1.48 bits per heavy atom. The fourth-order valence-electron chi connectivity index (χ4n) is 1.60. The van der Waals surface area contributed by atoms with Crippen LogP contribution in [0.5, 0.6) is 0 Å². The molecule has 0 saturated carbocycles. The van der Waals surface area contributed by atoms with Crippen molar-refractivity contribution in [3.63, 3.8) is 0 Å². The van der Waals surface area contributed by atoms with E-state index in [1.807, 2.05) is 34.6 Å². The first kappa shape index (κ1) is 30.7. The third-order valence-corrected chi connectivity index (χ3v) is 3.74. The van der Waals surface area contributed by atoms with Gasteiger partial charge in [0.05, 0.1) is 6.10 Å². The maximum absolute atomic E-state index is 8.96. The normalized spacial score (nSPS) is 12.5. The van der Waals surface area contributed by atoms with E-state index in [-0.39, 0.29) is 6.10 Å². The summed E-state index contributed by atoms with van der Waals surface area (Å²) >= 11 is 0. The van der Waals surface area contributed by atoms with Crippen molar-refractivity contribution in [2.45, 2.75) is 107 Å². The molecule has 2 unspecified atom stereocenters. The highest BCUT2D eigenvalue weighted by molar-refractivity contribution is 4.59. The molecule has 0 rings (SSSR count). The molecule has 0 aromatic rings. The van der Waals surface area contributed by atoms with Gasteiger partial charge in [0.1, 0.15) is 0 Å². The number of hydrogen-bond donors (Lipinski definition) is 1. The van der Waals surface area contributed by atoms with E-state index in [0.29, 0.717) is 6.04 Å². The molecular weight excluding hydrogens is 284 g/mol. The third-order valence-electron chi connectivity index (χ3n) is 3.74. The van der Waals surface area contributed by atoms with E-state index in [2.05, 4.69) is 58.5 Å². The number of aliphatic hydroxyl groups is 1. The first-order valence-electron chi connectivity index (χ1n) is 9.84. The molecule has 0 heterocycles. The van der Waals surface area contributed by atoms with Crippen LogP contribution in [0, 0.1) is 0 Å². The summed E-state index contributed by atoms with van der Waals surface area (Å²) in [6, 6.07) is 1.35. The van der Waals surface area contributed by atoms with Gasteiger partial charge in [0.2, 0.25) is 0 Å². The minimum Gasteiger partial charge on any atom is -0.393 e. The van der Waals surface area contributed by atoms with Gasteiger partial charge in [-0.1, -0.05) is 48.0 Å². The molecule has 0 aliphatic carbocycles. The summed E-state index contributed by atoms with van der Waals surface area (Å²) in [5, 5.41) is 8.96. The van der Waals surface area contributed by atoms with E-state index in [1.165, 1.54) is 19.4 Å². The van der Waals surface area contributed by atoms with Crippen molar-refractivity contribution in [1.82, 2.24) is 9.80 Å². The first-order chi connectivity index (χ1) is 10.8. The zero-order valence-electron chi connectivity index (χ0n) is 18.6. The number of nitrogens with zero attached hydrogens (tertiary/aromatic N) is 2. The van der Waals surface area contributed by atoms with Crippen LogP contribution in [-0.2, 0) is 0 Å². The molecule has 0 aliphatic heterocycles. The van der Waals surface area contributed by atoms with Gasteiger partial charge in [0, 0.05) is 18.6 Å². The van der Waals surface area contributed by atoms with Gasteiger partial charge in [-0.15, -0.1) is 0 Å². The van der Waals surface area contributed by atoms with Crippen LogP contribution >= 0.6 is 0 Å². The minimum absolute atomic E-state index is 0.166. The van der Waals surface area contributed by atoms with E-state index in [9.17, 15) is 0 Å². The molecule has 0 bridgehead atoms. The Hall–Kier alpha value is -0.120. The monoisotopic (exact) mass is 334 g/mol. The minimum atomic E-state index is -0.166. The second-order valence-electron chi connectivity index (χ2n) is 5.92. The average Bonchev–Trinajstić information content (AvgIpc) is 2.56. The van der Waals surface area contributed by atoms with Crippen LogP contribution in [0.3, 0.4) is 0 Å². The third kappa shape index (κ3) is 27.0. The lowest BCUT2D eigenvalue weighted by atomic mass is 10.2. The summed E-state index contributed by atoms with van der Waals surface area (Å²) in [7, 11) is 4.26. The molecule has 1 N–H and O–H groups in total. The van der Waals surface area contributed by atoms with Gasteiger partial charge in [0.25, 0.3) is 0 Å². The van der Waals surface area contributed by atoms with Crippen LogP contribution in [0.1, 0.15) is 88.5 Å². The van der Waals surface area contributed by atoms with Crippen molar-refractivity contribution in [2.24, 2.45) is 0 Å². The number of aliphatic hydroxyl groups excluding tert-OH is 1. The van der Waals surface area contributed by atoms with Crippen molar-refractivity contribution in [2.75, 3.05) is 27.2 Å². The molecule has 146 valence electrons. The smallest absolute Gasteiger partial charge is 0.0524 e. The molecule has 23 heavy (non-hydrogen) atoms. The van der Waals surface area contributed by atoms with Crippen LogP contribution in [0.15, 0.2) is 0 Å². The summed E-state index contributed by atoms with van der Waals surface area (Å²) < 4.78 is 0. The lowest BCUT2D eigenvalue weighted by Crippen LogP contribution is -2.28. The first-order valence-corrected chi connectivity index (χ1v) is 9.84. The van der Waals surface area contributed by atoms with Gasteiger partial charge in [-0.25, -0.2) is 0 Å². The van der Waals surface area contributed by atoms with Crippen LogP contribution in [-0.4, -0.2) is 60.3 Å². The van der Waals surface area contributed by atoms with Crippen LogP contribution in [0.4, 0.5) is 0 Å². The molecule has 0 saturated heterocycles. The van der Waals surface area contributed by atoms with E-state index in [4.69, 9.17) is 5.11 Å². The highest BCUT2D eigenvalue weighted by Gasteiger charge is 2.04. The van der Waals surface area contributed by atoms with Gasteiger partial charge in [-0.2, -0.15) is 0 Å².